The first kappa shape index (κ1) is 25.7. The van der Waals surface area contributed by atoms with Crippen molar-refractivity contribution < 1.29 is 39.2 Å². The van der Waals surface area contributed by atoms with E-state index >= 15 is 0 Å². The smallest absolute Gasteiger partial charge is 0.209 e. The Morgan fingerprint density at radius 3 is 2.37 bits per heavy atom. The van der Waals surface area contributed by atoms with E-state index in [1.807, 2.05) is 19.0 Å². The fraction of sp³-hybridized carbons (Fsp3) is 0.393. The Hall–Kier alpha value is -3.89. The standard InChI is InChI=1S/C28H30N2O8/c1-12(31)19-25(34)22(30(4)5)17-9-14-8-16-18(29(2)3)10-15(13-6-7-38-11-13)23(32)21(16)24(33)20(14)27(36)28(17,37)26(19)35/h6-7,10-11,14,17,22,32,34,36-37H,8-9H2,1-5H3/t14-,17-,22?,28+/m1/s1. The molecule has 0 aliphatic heterocycles. The highest BCUT2D eigenvalue weighted by Gasteiger charge is 2.63. The average molecular weight is 523 g/mol. The van der Waals surface area contributed by atoms with Crippen LogP contribution in [0.4, 0.5) is 5.69 Å². The minimum atomic E-state index is -2.59. The van der Waals surface area contributed by atoms with Crippen LogP contribution in [0.15, 0.2) is 51.7 Å². The fourth-order valence-corrected chi connectivity index (χ4v) is 6.44. The average Bonchev–Trinajstić information content (AvgIpc) is 3.35. The van der Waals surface area contributed by atoms with Crippen molar-refractivity contribution in [2.24, 2.45) is 11.8 Å². The van der Waals surface area contributed by atoms with Crippen LogP contribution in [0, 0.1) is 11.8 Å². The number of anilines is 1. The number of likely N-dealkylation sites (N-methyl/N-ethyl adjacent to an activating group) is 1. The zero-order chi connectivity index (χ0) is 27.8. The van der Waals surface area contributed by atoms with E-state index in [0.717, 1.165) is 6.92 Å². The van der Waals surface area contributed by atoms with Gasteiger partial charge in [-0.1, -0.05) is 0 Å². The van der Waals surface area contributed by atoms with Crippen LogP contribution in [-0.4, -0.2) is 82.5 Å². The van der Waals surface area contributed by atoms with Crippen molar-refractivity contribution in [2.45, 2.75) is 31.4 Å². The second-order valence-electron chi connectivity index (χ2n) is 10.7. The van der Waals surface area contributed by atoms with Crippen molar-refractivity contribution in [1.29, 1.82) is 0 Å². The Morgan fingerprint density at radius 1 is 1.13 bits per heavy atom. The summed E-state index contributed by atoms with van der Waals surface area (Å²) in [5.41, 5.74) is -1.22. The molecule has 4 atom stereocenters. The van der Waals surface area contributed by atoms with Gasteiger partial charge in [0, 0.05) is 42.4 Å². The highest BCUT2D eigenvalue weighted by molar-refractivity contribution is 6.25. The molecular weight excluding hydrogens is 492 g/mol. The lowest BCUT2D eigenvalue weighted by atomic mass is 9.58. The number of allylic oxidation sites excluding steroid dienone is 1. The number of hydrogen-bond acceptors (Lipinski definition) is 10. The third-order valence-electron chi connectivity index (χ3n) is 8.12. The number of aromatic hydroxyl groups is 1. The van der Waals surface area contributed by atoms with Crippen LogP contribution in [0.2, 0.25) is 0 Å². The number of Topliss-reactive ketones (excluding diaryl/α,β-unsaturated/α-hetero) is 3. The maximum absolute atomic E-state index is 14.0. The molecule has 10 nitrogen and oxygen atoms in total. The zero-order valence-electron chi connectivity index (χ0n) is 21.8. The van der Waals surface area contributed by atoms with Crippen LogP contribution in [0.1, 0.15) is 29.3 Å². The van der Waals surface area contributed by atoms with Crippen molar-refractivity contribution in [3.05, 3.63) is 58.5 Å². The number of carbonyl (C=O) groups excluding carboxylic acids is 3. The SMILES string of the molecule is CC(=O)C1=C(O)C(N(C)C)[C@H]2C[C@H]3Cc4c(N(C)C)cc(-c5ccoc5)c(O)c4C(=O)C3=C(O)[C@@]2(O)C1=O. The highest BCUT2D eigenvalue weighted by Crippen LogP contribution is 2.54. The van der Waals surface area contributed by atoms with Crippen LogP contribution in [0.25, 0.3) is 11.1 Å². The van der Waals surface area contributed by atoms with Crippen LogP contribution >= 0.6 is 0 Å². The van der Waals surface area contributed by atoms with Crippen LogP contribution in [0.5, 0.6) is 5.75 Å². The molecule has 10 heteroatoms. The van der Waals surface area contributed by atoms with Gasteiger partial charge in [0.2, 0.25) is 5.78 Å². The molecule has 0 amide bonds. The van der Waals surface area contributed by atoms with Crippen LogP contribution in [0.3, 0.4) is 0 Å². The van der Waals surface area contributed by atoms with Gasteiger partial charge in [-0.3, -0.25) is 19.3 Å². The third kappa shape index (κ3) is 3.30. The van der Waals surface area contributed by atoms with Crippen molar-refractivity contribution in [3.63, 3.8) is 0 Å². The summed E-state index contributed by atoms with van der Waals surface area (Å²) in [6.07, 6.45) is 3.18. The van der Waals surface area contributed by atoms with E-state index < -0.39 is 57.9 Å². The summed E-state index contributed by atoms with van der Waals surface area (Å²) < 4.78 is 5.16. The van der Waals surface area contributed by atoms with Crippen molar-refractivity contribution in [1.82, 2.24) is 4.90 Å². The first-order valence-corrected chi connectivity index (χ1v) is 12.3. The molecule has 2 aromatic rings. The first-order chi connectivity index (χ1) is 17.8. The monoisotopic (exact) mass is 522 g/mol. The van der Waals surface area contributed by atoms with Gasteiger partial charge in [0.25, 0.3) is 0 Å². The van der Waals surface area contributed by atoms with Crippen LogP contribution in [-0.2, 0) is 16.0 Å². The number of aliphatic hydroxyl groups excluding tert-OH is 2. The molecule has 1 aromatic carbocycles. The van der Waals surface area contributed by atoms with Gasteiger partial charge in [0.1, 0.15) is 22.8 Å². The molecule has 1 unspecified atom stereocenters. The number of benzene rings is 1. The number of nitrogens with zero attached hydrogens (tertiary/aromatic N) is 2. The molecular formula is C28H30N2O8. The Morgan fingerprint density at radius 2 is 1.82 bits per heavy atom. The molecule has 3 aliphatic carbocycles. The molecule has 4 N–H and O–H groups in total. The topological polar surface area (TPSA) is 152 Å². The maximum atomic E-state index is 14.0. The number of aliphatic hydroxyl groups is 3. The van der Waals surface area contributed by atoms with Gasteiger partial charge in [0.15, 0.2) is 17.2 Å². The number of furan rings is 1. The molecule has 0 spiro atoms. The molecule has 0 radical (unpaired) electrons. The quantitative estimate of drug-likeness (QED) is 0.441. The maximum Gasteiger partial charge on any atom is 0.209 e. The van der Waals surface area contributed by atoms with E-state index in [1.165, 1.54) is 12.5 Å². The Kier molecular flexibility index (Phi) is 5.81. The molecule has 0 bridgehead atoms. The minimum Gasteiger partial charge on any atom is -0.510 e. The minimum absolute atomic E-state index is 0.0233. The number of rotatable bonds is 4. The fourth-order valence-electron chi connectivity index (χ4n) is 6.44. The number of fused-ring (bicyclic) bond motifs is 3. The van der Waals surface area contributed by atoms with Crippen molar-refractivity contribution in [3.8, 4) is 16.9 Å². The van der Waals surface area contributed by atoms with Gasteiger partial charge in [-0.2, -0.15) is 0 Å². The summed E-state index contributed by atoms with van der Waals surface area (Å²) in [7, 11) is 6.89. The van der Waals surface area contributed by atoms with E-state index in [4.69, 9.17) is 4.42 Å². The third-order valence-corrected chi connectivity index (χ3v) is 8.12. The molecule has 200 valence electrons. The zero-order valence-corrected chi connectivity index (χ0v) is 21.8. The summed E-state index contributed by atoms with van der Waals surface area (Å²) in [5, 5.41) is 45.5. The van der Waals surface area contributed by atoms with E-state index in [9.17, 15) is 34.8 Å². The van der Waals surface area contributed by atoms with E-state index in [2.05, 4.69) is 0 Å². The van der Waals surface area contributed by atoms with Gasteiger partial charge in [0.05, 0.1) is 24.1 Å². The second-order valence-corrected chi connectivity index (χ2v) is 10.7. The number of hydrogen-bond donors (Lipinski definition) is 4. The Balaban J connectivity index is 1.76. The summed E-state index contributed by atoms with van der Waals surface area (Å²) in [5.74, 6) is -5.84. The number of carbonyl (C=O) groups is 3. The molecule has 38 heavy (non-hydrogen) atoms. The molecule has 1 aromatic heterocycles. The highest BCUT2D eigenvalue weighted by atomic mass is 16.3. The van der Waals surface area contributed by atoms with Crippen LogP contribution < -0.4 is 4.90 Å². The van der Waals surface area contributed by atoms with Gasteiger partial charge in [-0.15, -0.1) is 0 Å². The summed E-state index contributed by atoms with van der Waals surface area (Å²) >= 11 is 0. The molecule has 1 heterocycles. The first-order valence-electron chi connectivity index (χ1n) is 12.3. The second kappa shape index (κ2) is 8.57. The molecule has 0 fully saturated rings. The summed E-state index contributed by atoms with van der Waals surface area (Å²) in [6.45, 7) is 1.09. The normalized spacial score (nSPS) is 26.9. The van der Waals surface area contributed by atoms with Gasteiger partial charge in [-0.25, -0.2) is 0 Å². The lowest BCUT2D eigenvalue weighted by Gasteiger charge is -2.50. The predicted molar refractivity (Wildman–Crippen MR) is 137 cm³/mol. The summed E-state index contributed by atoms with van der Waals surface area (Å²) in [6, 6.07) is 2.45. The van der Waals surface area contributed by atoms with Gasteiger partial charge < -0.3 is 29.7 Å². The lowest BCUT2D eigenvalue weighted by Crippen LogP contribution is -2.63. The lowest BCUT2D eigenvalue weighted by molar-refractivity contribution is -0.148. The summed E-state index contributed by atoms with van der Waals surface area (Å²) in [4.78, 5) is 43.2. The largest absolute Gasteiger partial charge is 0.510 e. The van der Waals surface area contributed by atoms with E-state index in [-0.39, 0.29) is 29.7 Å². The van der Waals surface area contributed by atoms with E-state index in [1.54, 1.807) is 31.1 Å². The number of phenols is 1. The molecule has 5 rings (SSSR count). The number of phenolic OH excluding ortho intramolecular Hbond substituents is 1. The van der Waals surface area contributed by atoms with Gasteiger partial charge >= 0.3 is 0 Å². The molecule has 3 aliphatic rings. The van der Waals surface area contributed by atoms with Gasteiger partial charge in [-0.05, 0) is 57.5 Å². The Bertz CT molecular complexity index is 1450. The Labute approximate surface area is 219 Å². The molecule has 0 saturated carbocycles. The number of ketones is 3. The van der Waals surface area contributed by atoms with Crippen molar-refractivity contribution >= 4 is 23.0 Å². The van der Waals surface area contributed by atoms with Crippen molar-refractivity contribution in [2.75, 3.05) is 33.1 Å². The molecule has 0 saturated heterocycles. The predicted octanol–water partition coefficient (Wildman–Crippen LogP) is 2.55. The van der Waals surface area contributed by atoms with E-state index in [0.29, 0.717) is 22.4 Å².